The van der Waals surface area contributed by atoms with Gasteiger partial charge in [0.25, 0.3) is 0 Å². The van der Waals surface area contributed by atoms with Crippen molar-refractivity contribution < 1.29 is 0 Å². The van der Waals surface area contributed by atoms with Crippen molar-refractivity contribution in [3.05, 3.63) is 42.5 Å². The summed E-state index contributed by atoms with van der Waals surface area (Å²) in [5, 5.41) is 0. The summed E-state index contributed by atoms with van der Waals surface area (Å²) in [6, 6.07) is 10.3. The van der Waals surface area contributed by atoms with Crippen LogP contribution in [-0.2, 0) is 0 Å². The number of nitrogens with two attached hydrogens (primary N) is 1. The van der Waals surface area contributed by atoms with Gasteiger partial charge in [0.15, 0.2) is 0 Å². The quantitative estimate of drug-likeness (QED) is 0.727. The largest absolute Gasteiger partial charge is 0.330 e. The summed E-state index contributed by atoms with van der Waals surface area (Å²) in [5.41, 5.74) is 7.81. The molecule has 0 aromatic heterocycles. The molecule has 0 unspecified atom stereocenters. The molecule has 0 bridgehead atoms. The van der Waals surface area contributed by atoms with Crippen molar-refractivity contribution in [1.82, 2.24) is 0 Å². The molecule has 0 spiro atoms. The minimum atomic E-state index is 0.743. The molecule has 70 valence electrons. The Bertz CT molecular complexity index is 256. The van der Waals surface area contributed by atoms with Crippen LogP contribution < -0.4 is 5.73 Å². The van der Waals surface area contributed by atoms with Gasteiger partial charge >= 0.3 is 0 Å². The molecule has 0 saturated heterocycles. The molecule has 0 amide bonds. The summed E-state index contributed by atoms with van der Waals surface area (Å²) in [4.78, 5) is 0. The first-order valence-corrected chi connectivity index (χ1v) is 5.51. The first kappa shape index (κ1) is 10.4. The van der Waals surface area contributed by atoms with Crippen molar-refractivity contribution in [2.75, 3.05) is 18.1 Å². The van der Waals surface area contributed by atoms with Gasteiger partial charge in [-0.15, -0.1) is 0 Å². The van der Waals surface area contributed by atoms with Crippen molar-refractivity contribution in [1.29, 1.82) is 0 Å². The van der Waals surface area contributed by atoms with Crippen LogP contribution in [-0.4, -0.2) is 18.1 Å². The molecule has 2 heteroatoms. The van der Waals surface area contributed by atoms with Crippen LogP contribution in [0.25, 0.3) is 5.57 Å². The third-order valence-corrected chi connectivity index (χ3v) is 2.80. The fourth-order valence-corrected chi connectivity index (χ4v) is 1.76. The van der Waals surface area contributed by atoms with Crippen LogP contribution in [0, 0.1) is 0 Å². The van der Waals surface area contributed by atoms with Gasteiger partial charge in [-0.25, -0.2) is 0 Å². The fraction of sp³-hybridized carbons (Fsp3) is 0.273. The number of benzene rings is 1. The highest BCUT2D eigenvalue weighted by Crippen LogP contribution is 2.16. The van der Waals surface area contributed by atoms with E-state index in [4.69, 9.17) is 5.73 Å². The molecular weight excluding hydrogens is 178 g/mol. The van der Waals surface area contributed by atoms with E-state index in [2.05, 4.69) is 18.7 Å². The average Bonchev–Trinajstić information content (AvgIpc) is 2.19. The lowest BCUT2D eigenvalue weighted by molar-refractivity contribution is 1.15. The van der Waals surface area contributed by atoms with Crippen LogP contribution >= 0.6 is 11.8 Å². The van der Waals surface area contributed by atoms with E-state index in [0.717, 1.165) is 18.1 Å². The molecule has 0 atom stereocenters. The number of thioether (sulfide) groups is 1. The number of rotatable bonds is 5. The van der Waals surface area contributed by atoms with Gasteiger partial charge in [-0.2, -0.15) is 11.8 Å². The molecule has 1 rings (SSSR count). The van der Waals surface area contributed by atoms with Gasteiger partial charge in [-0.3, -0.25) is 0 Å². The van der Waals surface area contributed by atoms with Gasteiger partial charge in [-0.05, 0) is 11.1 Å². The van der Waals surface area contributed by atoms with Crippen molar-refractivity contribution in [3.63, 3.8) is 0 Å². The number of hydrogen-bond acceptors (Lipinski definition) is 2. The summed E-state index contributed by atoms with van der Waals surface area (Å²) < 4.78 is 0. The molecule has 13 heavy (non-hydrogen) atoms. The van der Waals surface area contributed by atoms with Gasteiger partial charge in [0.2, 0.25) is 0 Å². The second kappa shape index (κ2) is 5.84. The Morgan fingerprint density at radius 3 is 2.62 bits per heavy atom. The van der Waals surface area contributed by atoms with Crippen LogP contribution in [0.1, 0.15) is 5.56 Å². The standard InChI is InChI=1S/C11H15NS/c1-10(9-13-8-7-12)11-5-3-2-4-6-11/h2-6H,1,7-9,12H2. The van der Waals surface area contributed by atoms with Crippen LogP contribution in [0.5, 0.6) is 0 Å². The van der Waals surface area contributed by atoms with E-state index < -0.39 is 0 Å². The van der Waals surface area contributed by atoms with Crippen molar-refractivity contribution in [2.45, 2.75) is 0 Å². The van der Waals surface area contributed by atoms with Gasteiger partial charge in [0, 0.05) is 18.1 Å². The van der Waals surface area contributed by atoms with E-state index >= 15 is 0 Å². The second-order valence-corrected chi connectivity index (χ2v) is 3.92. The van der Waals surface area contributed by atoms with E-state index in [1.807, 2.05) is 30.0 Å². The zero-order chi connectivity index (χ0) is 9.52. The zero-order valence-electron chi connectivity index (χ0n) is 7.70. The fourth-order valence-electron chi connectivity index (χ4n) is 1.04. The van der Waals surface area contributed by atoms with E-state index in [-0.39, 0.29) is 0 Å². The summed E-state index contributed by atoms with van der Waals surface area (Å²) in [7, 11) is 0. The highest BCUT2D eigenvalue weighted by atomic mass is 32.2. The molecule has 2 N–H and O–H groups in total. The summed E-state index contributed by atoms with van der Waals surface area (Å²) in [6.07, 6.45) is 0. The Labute approximate surface area is 84.0 Å². The summed E-state index contributed by atoms with van der Waals surface area (Å²) in [5.74, 6) is 1.98. The number of hydrogen-bond donors (Lipinski definition) is 1. The second-order valence-electron chi connectivity index (χ2n) is 2.81. The first-order valence-electron chi connectivity index (χ1n) is 4.35. The monoisotopic (exact) mass is 193 g/mol. The predicted octanol–water partition coefficient (Wildman–Crippen LogP) is 2.39. The molecule has 0 aliphatic rings. The van der Waals surface area contributed by atoms with Gasteiger partial charge < -0.3 is 5.73 Å². The SMILES string of the molecule is C=C(CSCCN)c1ccccc1. The maximum absolute atomic E-state index is 5.40. The van der Waals surface area contributed by atoms with Crippen LogP contribution in [0.2, 0.25) is 0 Å². The van der Waals surface area contributed by atoms with E-state index in [9.17, 15) is 0 Å². The Kier molecular flexibility index (Phi) is 4.65. The van der Waals surface area contributed by atoms with E-state index in [1.165, 1.54) is 11.1 Å². The molecule has 0 heterocycles. The normalized spacial score (nSPS) is 9.92. The molecule has 1 aromatic rings. The lowest BCUT2D eigenvalue weighted by Gasteiger charge is -2.04. The van der Waals surface area contributed by atoms with Crippen LogP contribution in [0.4, 0.5) is 0 Å². The minimum Gasteiger partial charge on any atom is -0.330 e. The Morgan fingerprint density at radius 2 is 2.00 bits per heavy atom. The van der Waals surface area contributed by atoms with Crippen molar-refractivity contribution in [3.8, 4) is 0 Å². The smallest absolute Gasteiger partial charge is 0.0185 e. The third-order valence-electron chi connectivity index (χ3n) is 1.72. The first-order chi connectivity index (χ1) is 6.34. The minimum absolute atomic E-state index is 0.743. The Hall–Kier alpha value is -0.730. The van der Waals surface area contributed by atoms with Gasteiger partial charge in [-0.1, -0.05) is 36.9 Å². The van der Waals surface area contributed by atoms with Crippen molar-refractivity contribution >= 4 is 17.3 Å². The van der Waals surface area contributed by atoms with Gasteiger partial charge in [0.1, 0.15) is 0 Å². The lowest BCUT2D eigenvalue weighted by atomic mass is 10.1. The Morgan fingerprint density at radius 1 is 1.31 bits per heavy atom. The maximum Gasteiger partial charge on any atom is 0.0185 e. The molecule has 0 aliphatic heterocycles. The maximum atomic E-state index is 5.40. The molecule has 1 aromatic carbocycles. The predicted molar refractivity (Wildman–Crippen MR) is 61.9 cm³/mol. The van der Waals surface area contributed by atoms with Crippen LogP contribution in [0.15, 0.2) is 36.9 Å². The zero-order valence-corrected chi connectivity index (χ0v) is 8.52. The Balaban J connectivity index is 2.40. The third kappa shape index (κ3) is 3.66. The van der Waals surface area contributed by atoms with Crippen LogP contribution in [0.3, 0.4) is 0 Å². The summed E-state index contributed by atoms with van der Waals surface area (Å²) >= 11 is 1.83. The van der Waals surface area contributed by atoms with E-state index in [0.29, 0.717) is 0 Å². The molecule has 0 fully saturated rings. The lowest BCUT2D eigenvalue weighted by Crippen LogP contribution is -2.02. The van der Waals surface area contributed by atoms with Crippen molar-refractivity contribution in [2.24, 2.45) is 5.73 Å². The highest BCUT2D eigenvalue weighted by molar-refractivity contribution is 7.99. The average molecular weight is 193 g/mol. The van der Waals surface area contributed by atoms with Gasteiger partial charge in [0.05, 0.1) is 0 Å². The molecular formula is C11H15NS. The molecule has 0 radical (unpaired) electrons. The summed E-state index contributed by atoms with van der Waals surface area (Å²) in [6.45, 7) is 4.78. The van der Waals surface area contributed by atoms with E-state index in [1.54, 1.807) is 0 Å². The molecule has 1 nitrogen and oxygen atoms in total. The molecule has 0 aliphatic carbocycles. The topological polar surface area (TPSA) is 26.0 Å². The molecule has 0 saturated carbocycles. The highest BCUT2D eigenvalue weighted by Gasteiger charge is 1.96.